The third kappa shape index (κ3) is 3.41. The summed E-state index contributed by atoms with van der Waals surface area (Å²) in [6, 6.07) is 7.60. The maximum Gasteiger partial charge on any atom is 0.317 e. The highest BCUT2D eigenvalue weighted by atomic mass is 32.2. The Hall–Kier alpha value is -3.21. The molecular formula is C13H9N3O7S. The molecule has 2 aromatic rings. The summed E-state index contributed by atoms with van der Waals surface area (Å²) in [5.74, 6) is -0.174. The number of para-hydroxylation sites is 1. The number of hydrogen-bond donors (Lipinski definition) is 0. The van der Waals surface area contributed by atoms with Crippen molar-refractivity contribution in [3.05, 3.63) is 66.7 Å². The lowest BCUT2D eigenvalue weighted by Crippen LogP contribution is -1.98. The molecule has 0 radical (unpaired) electrons. The Labute approximate surface area is 138 Å². The topological polar surface area (TPSA) is 139 Å². The number of nitro groups is 3. The number of hydrogen-bond acceptors (Lipinski definition) is 8. The number of rotatable bonds is 6. The molecule has 0 aliphatic carbocycles. The SMILES string of the molecule is COc1cc(Sc2ccccc2[N+](=O)[O-])c([N+](=O)[O-])cc1[N+](=O)[O-]. The largest absolute Gasteiger partial charge is 0.490 e. The van der Waals surface area contributed by atoms with E-state index in [-0.39, 0.29) is 21.2 Å². The lowest BCUT2D eigenvalue weighted by Gasteiger charge is -2.07. The van der Waals surface area contributed by atoms with Gasteiger partial charge < -0.3 is 4.74 Å². The van der Waals surface area contributed by atoms with E-state index >= 15 is 0 Å². The normalized spacial score (nSPS) is 10.2. The van der Waals surface area contributed by atoms with Gasteiger partial charge in [-0.15, -0.1) is 0 Å². The minimum atomic E-state index is -0.800. The number of ether oxygens (including phenoxy) is 1. The van der Waals surface area contributed by atoms with Crippen LogP contribution in [0.1, 0.15) is 0 Å². The second-order valence-electron chi connectivity index (χ2n) is 4.33. The molecule has 0 N–H and O–H groups in total. The Morgan fingerprint density at radius 3 is 1.96 bits per heavy atom. The molecule has 0 amide bonds. The monoisotopic (exact) mass is 351 g/mol. The Morgan fingerprint density at radius 1 is 0.833 bits per heavy atom. The Bertz CT molecular complexity index is 840. The van der Waals surface area contributed by atoms with Gasteiger partial charge >= 0.3 is 5.69 Å². The molecule has 11 heteroatoms. The average Bonchev–Trinajstić information content (AvgIpc) is 2.54. The van der Waals surface area contributed by atoms with Gasteiger partial charge in [0.15, 0.2) is 5.75 Å². The average molecular weight is 351 g/mol. The van der Waals surface area contributed by atoms with Gasteiger partial charge in [-0.1, -0.05) is 23.9 Å². The first-order chi connectivity index (χ1) is 11.3. The van der Waals surface area contributed by atoms with Gasteiger partial charge in [-0.3, -0.25) is 30.3 Å². The fraction of sp³-hybridized carbons (Fsp3) is 0.0769. The van der Waals surface area contributed by atoms with E-state index < -0.39 is 26.1 Å². The van der Waals surface area contributed by atoms with E-state index in [9.17, 15) is 30.3 Å². The van der Waals surface area contributed by atoms with Crippen LogP contribution < -0.4 is 4.74 Å². The fourth-order valence-electron chi connectivity index (χ4n) is 1.88. The third-order valence-electron chi connectivity index (χ3n) is 2.94. The quantitative estimate of drug-likeness (QED) is 0.568. The van der Waals surface area contributed by atoms with Crippen molar-refractivity contribution in [1.29, 1.82) is 0 Å². The number of methoxy groups -OCH3 is 1. The predicted octanol–water partition coefficient (Wildman–Crippen LogP) is 3.57. The Kier molecular flexibility index (Phi) is 4.94. The van der Waals surface area contributed by atoms with Gasteiger partial charge in [0.2, 0.25) is 0 Å². The summed E-state index contributed by atoms with van der Waals surface area (Å²) in [6.45, 7) is 0. The van der Waals surface area contributed by atoms with Crippen LogP contribution in [0.4, 0.5) is 17.1 Å². The zero-order valence-corrected chi connectivity index (χ0v) is 12.9. The molecule has 0 atom stereocenters. The first-order valence-corrected chi connectivity index (χ1v) is 7.09. The summed E-state index contributed by atoms with van der Waals surface area (Å²) in [4.78, 5) is 31.2. The van der Waals surface area contributed by atoms with Crippen molar-refractivity contribution in [2.75, 3.05) is 7.11 Å². The molecular weight excluding hydrogens is 342 g/mol. The maximum absolute atomic E-state index is 11.2. The highest BCUT2D eigenvalue weighted by molar-refractivity contribution is 7.99. The smallest absolute Gasteiger partial charge is 0.317 e. The van der Waals surface area contributed by atoms with Gasteiger partial charge in [-0.05, 0) is 6.07 Å². The zero-order valence-electron chi connectivity index (χ0n) is 12.1. The lowest BCUT2D eigenvalue weighted by atomic mass is 10.2. The summed E-state index contributed by atoms with van der Waals surface area (Å²) < 4.78 is 4.89. The second kappa shape index (κ2) is 6.91. The molecule has 10 nitrogen and oxygen atoms in total. The minimum Gasteiger partial charge on any atom is -0.490 e. The Morgan fingerprint density at radius 2 is 1.42 bits per heavy atom. The summed E-state index contributed by atoms with van der Waals surface area (Å²) in [5.41, 5.74) is -1.32. The molecule has 0 saturated carbocycles. The van der Waals surface area contributed by atoms with Crippen molar-refractivity contribution in [3.8, 4) is 5.75 Å². The fourth-order valence-corrected chi connectivity index (χ4v) is 2.92. The minimum absolute atomic E-state index is 0.00301. The van der Waals surface area contributed by atoms with Crippen LogP contribution in [0.2, 0.25) is 0 Å². The first kappa shape index (κ1) is 17.1. The molecule has 0 spiro atoms. The summed E-state index contributed by atoms with van der Waals surface area (Å²) in [6.07, 6.45) is 0. The molecule has 2 rings (SSSR count). The summed E-state index contributed by atoms with van der Waals surface area (Å²) >= 11 is 0.762. The van der Waals surface area contributed by atoms with Gasteiger partial charge in [0.1, 0.15) is 0 Å². The second-order valence-corrected chi connectivity index (χ2v) is 5.42. The van der Waals surface area contributed by atoms with Crippen LogP contribution in [0.25, 0.3) is 0 Å². The van der Waals surface area contributed by atoms with Crippen LogP contribution in [0, 0.1) is 30.3 Å². The highest BCUT2D eigenvalue weighted by Gasteiger charge is 2.27. The van der Waals surface area contributed by atoms with E-state index in [2.05, 4.69) is 0 Å². The van der Waals surface area contributed by atoms with Crippen molar-refractivity contribution in [2.45, 2.75) is 9.79 Å². The summed E-state index contributed by atoms with van der Waals surface area (Å²) in [5, 5.41) is 33.2. The van der Waals surface area contributed by atoms with E-state index in [1.807, 2.05) is 0 Å². The predicted molar refractivity (Wildman–Crippen MR) is 83.5 cm³/mol. The van der Waals surface area contributed by atoms with Crippen LogP contribution >= 0.6 is 11.8 Å². The van der Waals surface area contributed by atoms with Gasteiger partial charge in [0.05, 0.1) is 37.7 Å². The third-order valence-corrected chi connectivity index (χ3v) is 4.05. The lowest BCUT2D eigenvalue weighted by molar-refractivity contribution is -0.396. The van der Waals surface area contributed by atoms with E-state index in [0.29, 0.717) is 0 Å². The van der Waals surface area contributed by atoms with Crippen LogP contribution in [0.15, 0.2) is 46.2 Å². The van der Waals surface area contributed by atoms with Crippen molar-refractivity contribution in [3.63, 3.8) is 0 Å². The Balaban J connectivity index is 2.60. The molecule has 0 saturated heterocycles. The van der Waals surface area contributed by atoms with Gasteiger partial charge in [0.25, 0.3) is 11.4 Å². The summed E-state index contributed by atoms with van der Waals surface area (Å²) in [7, 11) is 1.19. The first-order valence-electron chi connectivity index (χ1n) is 6.27. The van der Waals surface area contributed by atoms with Crippen LogP contribution in [-0.2, 0) is 0 Å². The van der Waals surface area contributed by atoms with Crippen molar-refractivity contribution < 1.29 is 19.5 Å². The van der Waals surface area contributed by atoms with Crippen LogP contribution in [-0.4, -0.2) is 21.9 Å². The molecule has 2 aromatic carbocycles. The molecule has 0 heterocycles. The van der Waals surface area contributed by atoms with Crippen molar-refractivity contribution in [2.24, 2.45) is 0 Å². The van der Waals surface area contributed by atoms with Crippen LogP contribution in [0.3, 0.4) is 0 Å². The molecule has 0 aliphatic rings. The standard InChI is InChI=1S/C13H9N3O7S/c1-23-11-7-13(10(16(21)22)6-9(11)15(19)20)24-12-5-3-2-4-8(12)14(17)18/h2-7H,1H3. The number of nitro benzene ring substituents is 3. The van der Waals surface area contributed by atoms with E-state index in [1.54, 1.807) is 6.07 Å². The van der Waals surface area contributed by atoms with Crippen molar-refractivity contribution >= 4 is 28.8 Å². The van der Waals surface area contributed by atoms with E-state index in [1.165, 1.54) is 25.3 Å². The van der Waals surface area contributed by atoms with E-state index in [0.717, 1.165) is 23.9 Å². The van der Waals surface area contributed by atoms with Gasteiger partial charge in [0, 0.05) is 12.1 Å². The zero-order chi connectivity index (χ0) is 17.9. The molecule has 0 bridgehead atoms. The molecule has 0 aromatic heterocycles. The number of nitrogens with zero attached hydrogens (tertiary/aromatic N) is 3. The van der Waals surface area contributed by atoms with Gasteiger partial charge in [-0.2, -0.15) is 0 Å². The van der Waals surface area contributed by atoms with Crippen molar-refractivity contribution in [1.82, 2.24) is 0 Å². The maximum atomic E-state index is 11.2. The van der Waals surface area contributed by atoms with Crippen LogP contribution in [0.5, 0.6) is 5.75 Å². The van der Waals surface area contributed by atoms with E-state index in [4.69, 9.17) is 4.74 Å². The molecule has 0 unspecified atom stereocenters. The molecule has 0 aliphatic heterocycles. The number of benzene rings is 2. The highest BCUT2D eigenvalue weighted by Crippen LogP contribution is 2.43. The molecule has 0 fully saturated rings. The molecule has 124 valence electrons. The van der Waals surface area contributed by atoms with Gasteiger partial charge in [-0.25, -0.2) is 0 Å². The molecule has 24 heavy (non-hydrogen) atoms.